The van der Waals surface area contributed by atoms with Gasteiger partial charge in [-0.05, 0) is 256 Å². The molecule has 8 amide bonds. The van der Waals surface area contributed by atoms with Crippen molar-refractivity contribution in [3.05, 3.63) is 141 Å². The third-order valence-corrected chi connectivity index (χ3v) is 25.7. The summed E-state index contributed by atoms with van der Waals surface area (Å²) in [6.07, 6.45) is -14.8. The van der Waals surface area contributed by atoms with Gasteiger partial charge in [-0.2, -0.15) is 0 Å². The Bertz CT molecular complexity index is 5510. The summed E-state index contributed by atoms with van der Waals surface area (Å²) in [5.41, 5.74) is -4.67. The highest BCUT2D eigenvalue weighted by molar-refractivity contribution is 6.32. The SMILES string of the molecule is CC(C)C[C@H](C(=O)N[C@H]1C(=O)C[C@@H](CC(=O)NC(=O)Nc2ccc(OCCCC(=O)OC(C)(C)C)cc2)C(=O)N[C@H]2C(=O)C[C@H]3C(=O)N[C@H](C(=O)N[C@H](C(=O)CC4C5CC6CC(C5)CC4C6)c4cc(O)cc(O)c4-c4cc3ccc4O)[C@H](O)c3ccc(c(Cl)c3)Oc3cc2cc(c3O[C@@H]2O[C@H](CCC(=O)OC(C)(C)C)[C@@H](O)[C@H](O)[C@H]2O)Oc2ccc(cc2Cl)[C@H]1O)N(C)C(=O)OC(C)(C)C. The molecule has 6 aromatic carbocycles. The molecule has 14 N–H and O–H groups in total. The average molecular weight is 1910 g/mol. The van der Waals surface area contributed by atoms with Crippen LogP contribution < -0.4 is 50.8 Å². The zero-order valence-corrected chi connectivity index (χ0v) is 78.4. The number of hydrogen-bond acceptors (Lipinski definition) is 28. The molecule has 15 bridgehead atoms. The number of aromatic hydroxyl groups is 3. The number of imide groups is 1. The number of nitrogens with one attached hydrogen (secondary N) is 6. The third kappa shape index (κ3) is 24.6. The number of carbonyl (C=O) groups excluding carboxylic acids is 12. The zero-order valence-electron chi connectivity index (χ0n) is 76.9. The number of rotatable bonds is 21. The van der Waals surface area contributed by atoms with Gasteiger partial charge in [0.1, 0.15) is 112 Å². The van der Waals surface area contributed by atoms with Gasteiger partial charge in [-0.1, -0.05) is 55.2 Å². The second-order valence-corrected chi connectivity index (χ2v) is 40.3. The van der Waals surface area contributed by atoms with Gasteiger partial charge in [-0.25, -0.2) is 9.59 Å². The lowest BCUT2D eigenvalue weighted by Crippen LogP contribution is -2.59. The number of anilines is 1. The maximum absolute atomic E-state index is 16.8. The summed E-state index contributed by atoms with van der Waals surface area (Å²) in [7, 11) is 1.27. The number of aliphatic hydroxyl groups is 5. The molecule has 0 radical (unpaired) electrons. The Morgan fingerprint density at radius 3 is 1.78 bits per heavy atom. The number of ketones is 3. The Balaban J connectivity index is 0.972. The number of esters is 2. The van der Waals surface area contributed by atoms with Gasteiger partial charge in [-0.15, -0.1) is 0 Å². The Morgan fingerprint density at radius 1 is 0.593 bits per heavy atom. The van der Waals surface area contributed by atoms with Gasteiger partial charge in [0.05, 0.1) is 34.6 Å². The molecular weight excluding hydrogens is 1790 g/mol. The third-order valence-electron chi connectivity index (χ3n) is 25.1. The lowest BCUT2D eigenvalue weighted by molar-refractivity contribution is -0.273. The summed E-state index contributed by atoms with van der Waals surface area (Å²) in [4.78, 5) is 182. The highest BCUT2D eigenvalue weighted by Gasteiger charge is 2.52. The van der Waals surface area contributed by atoms with Crippen molar-refractivity contribution in [1.29, 1.82) is 0 Å². The second kappa shape index (κ2) is 41.5. The number of nitrogens with zero attached hydrogens (tertiary/aromatic N) is 1. The summed E-state index contributed by atoms with van der Waals surface area (Å²) in [6, 6.07) is 9.31. The molecule has 0 spiro atoms. The first kappa shape index (κ1) is 101. The monoisotopic (exact) mass is 1910 g/mol. The molecule has 0 aromatic heterocycles. The summed E-state index contributed by atoms with van der Waals surface area (Å²) >= 11 is 14.5. The first-order valence-electron chi connectivity index (χ1n) is 45.3. The van der Waals surface area contributed by atoms with Crippen molar-refractivity contribution < 1.29 is 136 Å². The van der Waals surface area contributed by atoms with Crippen molar-refractivity contribution in [2.45, 2.75) is 262 Å². The number of carbonyl (C=O) groups is 12. The topological polar surface area (TPSA) is 516 Å². The highest BCUT2D eigenvalue weighted by atomic mass is 35.5. The van der Waals surface area contributed by atoms with Crippen LogP contribution in [0.25, 0.3) is 11.1 Å². The van der Waals surface area contributed by atoms with E-state index < -0.39 is 248 Å². The Morgan fingerprint density at radius 2 is 1.19 bits per heavy atom. The number of likely N-dealkylation sites (N-methyl/N-ethyl adjacent to an activating group) is 1. The number of aliphatic hydroxyl groups excluding tert-OH is 5. The first-order valence-corrected chi connectivity index (χ1v) is 46.0. The molecule has 6 aliphatic heterocycles. The van der Waals surface area contributed by atoms with Crippen molar-refractivity contribution in [2.75, 3.05) is 19.0 Å². The van der Waals surface area contributed by atoms with Crippen LogP contribution in [-0.2, 0) is 66.9 Å². The predicted molar refractivity (Wildman–Crippen MR) is 486 cm³/mol. The van der Waals surface area contributed by atoms with E-state index in [-0.39, 0.29) is 107 Å². The van der Waals surface area contributed by atoms with Crippen LogP contribution in [0.3, 0.4) is 0 Å². The number of ether oxygens (including phenoxy) is 8. The van der Waals surface area contributed by atoms with Crippen molar-refractivity contribution in [1.82, 2.24) is 31.5 Å². The number of phenols is 3. The second-order valence-electron chi connectivity index (χ2n) is 39.5. The molecule has 37 heteroatoms. The fraction of sp³-hybridized carbons (Fsp3) is 0.510. The van der Waals surface area contributed by atoms with Gasteiger partial charge in [-0.3, -0.25) is 58.2 Å². The van der Waals surface area contributed by atoms with Gasteiger partial charge < -0.3 is 105 Å². The van der Waals surface area contributed by atoms with E-state index in [0.29, 0.717) is 24.0 Å². The molecule has 6 heterocycles. The van der Waals surface area contributed by atoms with Crippen LogP contribution in [0.15, 0.2) is 103 Å². The molecule has 5 fully saturated rings. The fourth-order valence-corrected chi connectivity index (χ4v) is 19.5. The van der Waals surface area contributed by atoms with Crippen molar-refractivity contribution in [3.8, 4) is 62.9 Å². The zero-order chi connectivity index (χ0) is 98.0. The molecule has 4 saturated carbocycles. The van der Waals surface area contributed by atoms with Crippen molar-refractivity contribution in [2.24, 2.45) is 41.4 Å². The van der Waals surface area contributed by atoms with Crippen LogP contribution in [0, 0.1) is 41.4 Å². The fourth-order valence-electron chi connectivity index (χ4n) is 19.0. The van der Waals surface area contributed by atoms with Crippen LogP contribution in [-0.4, -0.2) is 196 Å². The molecule has 35 nitrogen and oxygen atoms in total. The van der Waals surface area contributed by atoms with Crippen molar-refractivity contribution >= 4 is 99.8 Å². The number of phenolic OH excluding ortho intramolecular Hbond substituents is 3. The van der Waals surface area contributed by atoms with E-state index in [9.17, 15) is 64.8 Å². The predicted octanol–water partition coefficient (Wildman–Crippen LogP) is 11.9. The van der Waals surface area contributed by atoms with Crippen LogP contribution in [0.2, 0.25) is 10.0 Å². The minimum Gasteiger partial charge on any atom is -0.508 e. The number of Topliss-reactive ketones (excluding diaryl/α,β-unsaturated/α-hetero) is 3. The maximum Gasteiger partial charge on any atom is 0.410 e. The van der Waals surface area contributed by atoms with Crippen LogP contribution in [0.5, 0.6) is 51.7 Å². The Labute approximate surface area is 789 Å². The molecule has 4 aliphatic carbocycles. The van der Waals surface area contributed by atoms with E-state index in [2.05, 4.69) is 31.9 Å². The number of fused-ring (bicyclic) bond motifs is 15. The molecule has 726 valence electrons. The maximum atomic E-state index is 16.8. The van der Waals surface area contributed by atoms with E-state index in [1.54, 1.807) is 76.2 Å². The van der Waals surface area contributed by atoms with E-state index in [1.807, 2.05) is 0 Å². The average Bonchev–Trinajstić information content (AvgIpc) is 0.755. The molecule has 135 heavy (non-hydrogen) atoms. The molecule has 14 atom stereocenters. The van der Waals surface area contributed by atoms with Crippen LogP contribution in [0.1, 0.15) is 224 Å². The lowest BCUT2D eigenvalue weighted by Gasteiger charge is -2.54. The van der Waals surface area contributed by atoms with Gasteiger partial charge in [0.2, 0.25) is 41.6 Å². The highest BCUT2D eigenvalue weighted by Crippen LogP contribution is 2.59. The minimum atomic E-state index is -2.33. The van der Waals surface area contributed by atoms with Gasteiger partial charge >= 0.3 is 24.1 Å². The lowest BCUT2D eigenvalue weighted by atomic mass is 9.51. The quantitative estimate of drug-likeness (QED) is 0.0181. The smallest absolute Gasteiger partial charge is 0.410 e. The van der Waals surface area contributed by atoms with E-state index in [0.717, 1.165) is 79.5 Å². The van der Waals surface area contributed by atoms with Gasteiger partial charge in [0.15, 0.2) is 28.8 Å². The molecule has 16 rings (SSSR count). The summed E-state index contributed by atoms with van der Waals surface area (Å²) in [5, 5.41) is 112. The Hall–Kier alpha value is -11.7. The van der Waals surface area contributed by atoms with Gasteiger partial charge in [0.25, 0.3) is 0 Å². The van der Waals surface area contributed by atoms with E-state index in [4.69, 9.17) is 61.1 Å². The molecule has 1 saturated heterocycles. The van der Waals surface area contributed by atoms with E-state index in [1.165, 1.54) is 67.7 Å². The van der Waals surface area contributed by atoms with Crippen LogP contribution in [0.4, 0.5) is 15.3 Å². The molecule has 10 aliphatic rings. The summed E-state index contributed by atoms with van der Waals surface area (Å²) in [6.45, 7) is 18.4. The van der Waals surface area contributed by atoms with Crippen molar-refractivity contribution in [3.63, 3.8) is 0 Å². The molecule has 0 unspecified atom stereocenters. The standard InChI is InChI=1S/C98H117Cl2N7O28/c1-45(2)28-64(107(12)95(127)135-98(9,10)11)91(124)105-81-67(111)37-54(40-75(114)102-94(126)101-55-18-20-57(21-19-55)128-27-13-14-76(115)133-96(3,4)5)89(122)103-79-53-38-73(129-70-23-16-49(83(81)117)35-62(70)99)88(132-93-87(121)86(120)85(119)72(131-93)25-26-77(116)134-97(6,7)8)74(39-53)130-71-24-17-50(36-63(71)100)84(118)82-92(125)104-80(69(113)43-58-51-30-46-29-47(32-51)33-52(58)31-46)61-41-56(108)42-66(110)78(61)60-34-48(15-22-65(60)109)59(44-68(79)112)90(123)106-82/h15-24,34-36,38-39,41-42,45-47,51-52,54,58-59,64,72,79-87,93,108-110,117-121H,13-14,25-33,37,40,43-44H2,1-12H3,(H,103,122)(H,104,125)(H,105,124)(H,106,123)(H2,101,102,114,126)/t46?,47?,51?,52?,54-,58?,59+,64+,72+,79+,80-,81-,82-,83+,84+,85+,86-,87+,93-/m0/s1. The minimum absolute atomic E-state index is 0.0567. The number of hydrogen-bond donors (Lipinski definition) is 14. The number of benzene rings is 6. The summed E-state index contributed by atoms with van der Waals surface area (Å²) in [5.74, 6) is -18.2. The number of amides is 8. The summed E-state index contributed by atoms with van der Waals surface area (Å²) < 4.78 is 48.7. The Kier molecular flexibility index (Phi) is 30.9. The number of halogens is 2. The first-order chi connectivity index (χ1) is 63.5. The van der Waals surface area contributed by atoms with Crippen LogP contribution >= 0.6 is 23.2 Å². The van der Waals surface area contributed by atoms with Gasteiger partial charge in [0, 0.05) is 68.5 Å². The number of urea groups is 1. The molecular formula is C98H117Cl2N7O28. The van der Waals surface area contributed by atoms with E-state index >= 15 is 33.6 Å². The normalized spacial score (nSPS) is 25.9. The largest absolute Gasteiger partial charge is 0.508 e. The molecule has 6 aromatic rings.